The molecule has 0 unspecified atom stereocenters. The Morgan fingerprint density at radius 2 is 2.16 bits per heavy atom. The molecule has 0 bridgehead atoms. The third-order valence-electron chi connectivity index (χ3n) is 4.22. The Kier molecular flexibility index (Phi) is 5.01. The van der Waals surface area contributed by atoms with E-state index in [1.807, 2.05) is 6.92 Å². The number of benzene rings is 1. The lowest BCUT2D eigenvalue weighted by molar-refractivity contribution is -0.311. The first kappa shape index (κ1) is 17.8. The summed E-state index contributed by atoms with van der Waals surface area (Å²) in [4.78, 5) is 25.8. The Morgan fingerprint density at radius 3 is 2.84 bits per heavy atom. The summed E-state index contributed by atoms with van der Waals surface area (Å²) in [6.07, 6.45) is 2.27. The number of fused-ring (bicyclic) bond motifs is 1. The number of carboxylic acids is 1. The van der Waals surface area contributed by atoms with Crippen molar-refractivity contribution in [2.45, 2.75) is 26.3 Å². The van der Waals surface area contributed by atoms with Gasteiger partial charge in [-0.15, -0.1) is 0 Å². The number of thioether (sulfide) groups is 1. The molecule has 0 saturated carbocycles. The maximum Gasteiger partial charge on any atom is 0.266 e. The number of aliphatic carboxylic acids is 1. The molecule has 8 heteroatoms. The molecular weight excluding hydrogens is 362 g/mol. The van der Waals surface area contributed by atoms with Gasteiger partial charge >= 0.3 is 0 Å². The predicted molar refractivity (Wildman–Crippen MR) is 95.8 cm³/mol. The zero-order valence-electron chi connectivity index (χ0n) is 13.7. The molecule has 2 heterocycles. The normalized spacial score (nSPS) is 20.2. The fraction of sp³-hybridized carbons (Fsp3) is 0.353. The monoisotopic (exact) mass is 378 g/mol. The summed E-state index contributed by atoms with van der Waals surface area (Å²) in [6, 6.07) is 4.25. The van der Waals surface area contributed by atoms with Gasteiger partial charge in [-0.3, -0.25) is 9.69 Å². The topological polar surface area (TPSA) is 78.9 Å². The molecule has 6 nitrogen and oxygen atoms in total. The summed E-state index contributed by atoms with van der Waals surface area (Å²) < 4.78 is 10.8. The summed E-state index contributed by atoms with van der Waals surface area (Å²) in [5.41, 5.74) is 0.748. The molecule has 25 heavy (non-hydrogen) atoms. The van der Waals surface area contributed by atoms with E-state index in [0.29, 0.717) is 22.8 Å². The van der Waals surface area contributed by atoms with Crippen molar-refractivity contribution in [3.05, 3.63) is 28.7 Å². The largest absolute Gasteiger partial charge is 0.548 e. The lowest BCUT2D eigenvalue weighted by Crippen LogP contribution is -2.53. The number of carbonyl (C=O) groups is 2. The highest BCUT2D eigenvalue weighted by Crippen LogP contribution is 2.38. The molecule has 1 aromatic rings. The maximum absolute atomic E-state index is 12.7. The van der Waals surface area contributed by atoms with Gasteiger partial charge in [0.1, 0.15) is 4.32 Å². The van der Waals surface area contributed by atoms with Gasteiger partial charge in [-0.25, -0.2) is 0 Å². The molecule has 3 rings (SSSR count). The average molecular weight is 378 g/mol. The molecule has 132 valence electrons. The van der Waals surface area contributed by atoms with Gasteiger partial charge in [0, 0.05) is 0 Å². The number of amides is 1. The van der Waals surface area contributed by atoms with Gasteiger partial charge in [0.25, 0.3) is 5.91 Å². The van der Waals surface area contributed by atoms with Crippen LogP contribution in [0.1, 0.15) is 25.8 Å². The minimum atomic E-state index is -1.30. The highest BCUT2D eigenvalue weighted by atomic mass is 32.2. The molecule has 0 aromatic heterocycles. The standard InChI is InChI=1S/C17H17NO5S2/c1-3-9(2)14(16(20)21)18-15(19)13(25-17(18)24)7-10-4-5-11-12(6-10)23-8-22-11/h4-7,9,14H,3,8H2,1-2H3,(H,20,21)/p-1/b13-7-/t9-,14-/m1/s1. The molecular formula is C17H16NO5S2-. The Labute approximate surface area is 154 Å². The van der Waals surface area contributed by atoms with Crippen LogP contribution in [0.5, 0.6) is 11.5 Å². The molecule has 1 fully saturated rings. The minimum Gasteiger partial charge on any atom is -0.548 e. The first-order valence-electron chi connectivity index (χ1n) is 7.80. The lowest BCUT2D eigenvalue weighted by Gasteiger charge is -2.32. The van der Waals surface area contributed by atoms with Crippen LogP contribution in [0.2, 0.25) is 0 Å². The smallest absolute Gasteiger partial charge is 0.266 e. The number of carboxylic acid groups (broad SMARTS) is 1. The third-order valence-corrected chi connectivity index (χ3v) is 5.55. The fourth-order valence-electron chi connectivity index (χ4n) is 2.69. The van der Waals surface area contributed by atoms with Crippen molar-refractivity contribution in [2.75, 3.05) is 6.79 Å². The zero-order valence-corrected chi connectivity index (χ0v) is 15.3. The van der Waals surface area contributed by atoms with Crippen molar-refractivity contribution >= 4 is 46.3 Å². The average Bonchev–Trinajstić information content (AvgIpc) is 3.14. The number of thiocarbonyl (C=S) groups is 1. The van der Waals surface area contributed by atoms with E-state index in [4.69, 9.17) is 21.7 Å². The highest BCUT2D eigenvalue weighted by Gasteiger charge is 2.39. The van der Waals surface area contributed by atoms with Gasteiger partial charge in [0.15, 0.2) is 11.5 Å². The van der Waals surface area contributed by atoms with Gasteiger partial charge in [-0.2, -0.15) is 0 Å². The van der Waals surface area contributed by atoms with E-state index in [-0.39, 0.29) is 17.0 Å². The number of hydrogen-bond donors (Lipinski definition) is 0. The van der Waals surface area contributed by atoms with Crippen LogP contribution < -0.4 is 14.6 Å². The molecule has 1 amide bonds. The number of rotatable bonds is 5. The van der Waals surface area contributed by atoms with E-state index in [2.05, 4.69) is 0 Å². The number of ether oxygens (including phenoxy) is 2. The van der Waals surface area contributed by atoms with Crippen molar-refractivity contribution in [2.24, 2.45) is 5.92 Å². The van der Waals surface area contributed by atoms with Crippen molar-refractivity contribution in [3.63, 3.8) is 0 Å². The van der Waals surface area contributed by atoms with Crippen LogP contribution in [0.4, 0.5) is 0 Å². The van der Waals surface area contributed by atoms with E-state index in [1.54, 1.807) is 31.2 Å². The van der Waals surface area contributed by atoms with Crippen LogP contribution in [0.3, 0.4) is 0 Å². The second-order valence-electron chi connectivity index (χ2n) is 5.81. The Morgan fingerprint density at radius 1 is 1.44 bits per heavy atom. The number of nitrogens with zero attached hydrogens (tertiary/aromatic N) is 1. The Hall–Kier alpha value is -2.06. The molecule has 2 atom stereocenters. The molecule has 1 saturated heterocycles. The van der Waals surface area contributed by atoms with E-state index in [0.717, 1.165) is 22.2 Å². The van der Waals surface area contributed by atoms with Crippen LogP contribution in [-0.2, 0) is 9.59 Å². The molecule has 0 radical (unpaired) electrons. The second kappa shape index (κ2) is 7.05. The molecule has 1 aromatic carbocycles. The van der Waals surface area contributed by atoms with Crippen LogP contribution in [-0.4, -0.2) is 33.9 Å². The van der Waals surface area contributed by atoms with E-state index in [9.17, 15) is 14.7 Å². The minimum absolute atomic E-state index is 0.170. The first-order chi connectivity index (χ1) is 11.9. The van der Waals surface area contributed by atoms with Crippen molar-refractivity contribution < 1.29 is 24.2 Å². The van der Waals surface area contributed by atoms with E-state index >= 15 is 0 Å². The summed E-state index contributed by atoms with van der Waals surface area (Å²) in [5, 5.41) is 11.5. The van der Waals surface area contributed by atoms with Crippen molar-refractivity contribution in [1.82, 2.24) is 4.90 Å². The van der Waals surface area contributed by atoms with Gasteiger partial charge in [0.2, 0.25) is 6.79 Å². The number of hydrogen-bond acceptors (Lipinski definition) is 7. The molecule has 2 aliphatic heterocycles. The number of carbonyl (C=O) groups excluding carboxylic acids is 2. The molecule has 0 N–H and O–H groups in total. The quantitative estimate of drug-likeness (QED) is 0.571. The molecule has 0 aliphatic carbocycles. The van der Waals surface area contributed by atoms with Crippen LogP contribution in [0, 0.1) is 5.92 Å². The van der Waals surface area contributed by atoms with Crippen molar-refractivity contribution in [3.8, 4) is 11.5 Å². The van der Waals surface area contributed by atoms with Gasteiger partial charge in [0.05, 0.1) is 16.9 Å². The summed E-state index contributed by atoms with van der Waals surface area (Å²) >= 11 is 6.33. The van der Waals surface area contributed by atoms with E-state index < -0.39 is 17.9 Å². The Balaban J connectivity index is 1.89. The van der Waals surface area contributed by atoms with Crippen molar-refractivity contribution in [1.29, 1.82) is 0 Å². The van der Waals surface area contributed by atoms with Gasteiger partial charge in [-0.05, 0) is 29.7 Å². The molecule has 0 spiro atoms. The third kappa shape index (κ3) is 3.36. The summed E-state index contributed by atoms with van der Waals surface area (Å²) in [5.74, 6) is -0.718. The van der Waals surface area contributed by atoms with Gasteiger partial charge in [-0.1, -0.05) is 50.3 Å². The van der Waals surface area contributed by atoms with Crippen LogP contribution >= 0.6 is 24.0 Å². The highest BCUT2D eigenvalue weighted by molar-refractivity contribution is 8.26. The fourth-order valence-corrected chi connectivity index (χ4v) is 4.02. The first-order valence-corrected chi connectivity index (χ1v) is 9.02. The van der Waals surface area contributed by atoms with Gasteiger partial charge < -0.3 is 19.4 Å². The SMILES string of the molecule is CC[C@@H](C)[C@H](C(=O)[O-])N1C(=O)/C(=C/c2ccc3c(c2)OCO3)SC1=S. The summed E-state index contributed by atoms with van der Waals surface area (Å²) in [7, 11) is 0. The molecule has 2 aliphatic rings. The predicted octanol–water partition coefficient (Wildman–Crippen LogP) is 1.78. The summed E-state index contributed by atoms with van der Waals surface area (Å²) in [6.45, 7) is 3.80. The second-order valence-corrected chi connectivity index (χ2v) is 7.49. The Bertz CT molecular complexity index is 776. The lowest BCUT2D eigenvalue weighted by atomic mass is 9.98. The van der Waals surface area contributed by atoms with Crippen LogP contribution in [0.25, 0.3) is 6.08 Å². The zero-order chi connectivity index (χ0) is 18.1. The van der Waals surface area contributed by atoms with Crippen LogP contribution in [0.15, 0.2) is 23.1 Å². The maximum atomic E-state index is 12.7. The van der Waals surface area contributed by atoms with E-state index in [1.165, 1.54) is 0 Å².